The number of pyridine rings is 1. The molecule has 0 saturated heterocycles. The molecule has 0 atom stereocenters. The zero-order chi connectivity index (χ0) is 14.6. The van der Waals surface area contributed by atoms with E-state index in [1.807, 2.05) is 0 Å². The minimum absolute atomic E-state index is 0.187. The highest BCUT2D eigenvalue weighted by atomic mass is 16.2. The fraction of sp³-hybridized carbons (Fsp3) is 0.273. The smallest absolute Gasteiger partial charge is 0.260 e. The van der Waals surface area contributed by atoms with E-state index in [1.165, 1.54) is 12.3 Å². The SMILES string of the molecule is Cc1cc(=O)c(C(=O)N(CC(N)=O)CC(N)=O)c[nH]1. The highest BCUT2D eigenvalue weighted by Gasteiger charge is 2.21. The number of nitrogens with two attached hydrogens (primary N) is 2. The van der Waals surface area contributed by atoms with Crippen LogP contribution in [0, 0.1) is 6.92 Å². The maximum absolute atomic E-state index is 12.0. The highest BCUT2D eigenvalue weighted by Crippen LogP contribution is 2.00. The fourth-order valence-electron chi connectivity index (χ4n) is 1.49. The first-order chi connectivity index (χ1) is 8.81. The zero-order valence-corrected chi connectivity index (χ0v) is 10.3. The molecule has 1 aromatic rings. The second-order valence-electron chi connectivity index (χ2n) is 3.99. The van der Waals surface area contributed by atoms with Crippen LogP contribution in [0.25, 0.3) is 0 Å². The number of aromatic nitrogens is 1. The predicted octanol–water partition coefficient (Wildman–Crippen LogP) is -1.90. The number of carbonyl (C=O) groups excluding carboxylic acids is 3. The Morgan fingerprint density at radius 2 is 1.74 bits per heavy atom. The molecular weight excluding hydrogens is 252 g/mol. The van der Waals surface area contributed by atoms with Crippen LogP contribution in [-0.2, 0) is 9.59 Å². The van der Waals surface area contributed by atoms with Crippen LogP contribution in [0.1, 0.15) is 16.1 Å². The predicted molar refractivity (Wildman–Crippen MR) is 66.1 cm³/mol. The van der Waals surface area contributed by atoms with Gasteiger partial charge in [-0.15, -0.1) is 0 Å². The molecule has 1 aromatic heterocycles. The van der Waals surface area contributed by atoms with E-state index in [4.69, 9.17) is 11.5 Å². The van der Waals surface area contributed by atoms with Gasteiger partial charge in [-0.2, -0.15) is 0 Å². The number of H-pyrrole nitrogens is 1. The lowest BCUT2D eigenvalue weighted by atomic mass is 10.2. The van der Waals surface area contributed by atoms with Crippen LogP contribution in [0.5, 0.6) is 0 Å². The first-order valence-electron chi connectivity index (χ1n) is 5.36. The van der Waals surface area contributed by atoms with Crippen LogP contribution < -0.4 is 16.9 Å². The number of carbonyl (C=O) groups is 3. The van der Waals surface area contributed by atoms with E-state index in [9.17, 15) is 19.2 Å². The number of nitrogens with one attached hydrogen (secondary N) is 1. The van der Waals surface area contributed by atoms with Gasteiger partial charge in [0.15, 0.2) is 5.43 Å². The van der Waals surface area contributed by atoms with Gasteiger partial charge in [0.1, 0.15) is 18.7 Å². The molecule has 0 saturated carbocycles. The van der Waals surface area contributed by atoms with Crippen LogP contribution >= 0.6 is 0 Å². The van der Waals surface area contributed by atoms with Gasteiger partial charge in [-0.05, 0) is 6.92 Å². The molecule has 3 amide bonds. The molecule has 0 fully saturated rings. The first kappa shape index (κ1) is 14.4. The second kappa shape index (κ2) is 5.80. The number of aryl methyl sites for hydroxylation is 1. The standard InChI is InChI=1S/C11H14N4O4/c1-6-2-8(16)7(3-14-6)11(19)15(4-9(12)17)5-10(13)18/h2-3H,4-5H2,1H3,(H2,12,17)(H2,13,18)(H,14,16). The molecule has 0 aliphatic heterocycles. The molecule has 0 bridgehead atoms. The summed E-state index contributed by atoms with van der Waals surface area (Å²) >= 11 is 0. The summed E-state index contributed by atoms with van der Waals surface area (Å²) in [4.78, 5) is 48.9. The van der Waals surface area contributed by atoms with Gasteiger partial charge in [-0.1, -0.05) is 0 Å². The molecule has 0 spiro atoms. The molecule has 0 aliphatic carbocycles. The number of hydrogen-bond donors (Lipinski definition) is 3. The zero-order valence-electron chi connectivity index (χ0n) is 10.3. The van der Waals surface area contributed by atoms with E-state index in [1.54, 1.807) is 6.92 Å². The van der Waals surface area contributed by atoms with Crippen molar-refractivity contribution in [1.29, 1.82) is 0 Å². The number of aromatic amines is 1. The van der Waals surface area contributed by atoms with Crippen molar-refractivity contribution in [2.45, 2.75) is 6.92 Å². The van der Waals surface area contributed by atoms with Crippen LogP contribution in [0.4, 0.5) is 0 Å². The van der Waals surface area contributed by atoms with Gasteiger partial charge >= 0.3 is 0 Å². The minimum atomic E-state index is -0.807. The Hall–Kier alpha value is -2.64. The number of primary amides is 2. The quantitative estimate of drug-likeness (QED) is 0.572. The molecule has 0 radical (unpaired) electrons. The van der Waals surface area contributed by atoms with Crippen molar-refractivity contribution < 1.29 is 14.4 Å². The largest absolute Gasteiger partial charge is 0.368 e. The second-order valence-corrected chi connectivity index (χ2v) is 3.99. The van der Waals surface area contributed by atoms with Crippen LogP contribution in [0.2, 0.25) is 0 Å². The third-order valence-electron chi connectivity index (χ3n) is 2.27. The fourth-order valence-corrected chi connectivity index (χ4v) is 1.49. The summed E-state index contributed by atoms with van der Waals surface area (Å²) < 4.78 is 0. The van der Waals surface area contributed by atoms with Gasteiger partial charge in [-0.3, -0.25) is 19.2 Å². The van der Waals surface area contributed by atoms with Crippen LogP contribution in [0.15, 0.2) is 17.1 Å². The Morgan fingerprint density at radius 1 is 1.21 bits per heavy atom. The maximum Gasteiger partial charge on any atom is 0.260 e. The summed E-state index contributed by atoms with van der Waals surface area (Å²) in [5.41, 5.74) is 9.83. The average Bonchev–Trinajstić information content (AvgIpc) is 2.26. The summed E-state index contributed by atoms with van der Waals surface area (Å²) in [5, 5.41) is 0. The maximum atomic E-state index is 12.0. The third-order valence-corrected chi connectivity index (χ3v) is 2.27. The van der Waals surface area contributed by atoms with E-state index >= 15 is 0 Å². The Morgan fingerprint density at radius 3 is 2.16 bits per heavy atom. The van der Waals surface area contributed by atoms with Crippen molar-refractivity contribution in [2.24, 2.45) is 11.5 Å². The summed E-state index contributed by atoms with van der Waals surface area (Å²) in [6.45, 7) is 0.671. The Labute approximate surface area is 108 Å². The summed E-state index contributed by atoms with van der Waals surface area (Å²) in [6, 6.07) is 1.24. The van der Waals surface area contributed by atoms with Gasteiger partial charge in [0.05, 0.1) is 0 Å². The van der Waals surface area contributed by atoms with Crippen LogP contribution in [-0.4, -0.2) is 40.7 Å². The lowest BCUT2D eigenvalue weighted by Crippen LogP contribution is -2.44. The van der Waals surface area contributed by atoms with E-state index in [-0.39, 0.29) is 5.56 Å². The Balaban J connectivity index is 3.07. The lowest BCUT2D eigenvalue weighted by Gasteiger charge is -2.18. The van der Waals surface area contributed by atoms with Crippen molar-refractivity contribution in [1.82, 2.24) is 9.88 Å². The molecular formula is C11H14N4O4. The number of amides is 3. The average molecular weight is 266 g/mol. The summed E-state index contributed by atoms with van der Waals surface area (Å²) in [7, 11) is 0. The minimum Gasteiger partial charge on any atom is -0.368 e. The number of nitrogens with zero attached hydrogens (tertiary/aromatic N) is 1. The van der Waals surface area contributed by atoms with Crippen molar-refractivity contribution in [2.75, 3.05) is 13.1 Å². The molecule has 0 aromatic carbocycles. The van der Waals surface area contributed by atoms with Gasteiger partial charge in [0.25, 0.3) is 5.91 Å². The molecule has 8 nitrogen and oxygen atoms in total. The van der Waals surface area contributed by atoms with Crippen LogP contribution in [0.3, 0.4) is 0 Å². The monoisotopic (exact) mass is 266 g/mol. The molecule has 5 N–H and O–H groups in total. The molecule has 102 valence electrons. The Bertz CT molecular complexity index is 562. The topological polar surface area (TPSA) is 139 Å². The van der Waals surface area contributed by atoms with Gasteiger partial charge in [-0.25, -0.2) is 0 Å². The van der Waals surface area contributed by atoms with Gasteiger partial charge in [0.2, 0.25) is 11.8 Å². The number of hydrogen-bond acceptors (Lipinski definition) is 4. The first-order valence-corrected chi connectivity index (χ1v) is 5.36. The molecule has 1 rings (SSSR count). The van der Waals surface area contributed by atoms with Gasteiger partial charge in [0, 0.05) is 18.0 Å². The van der Waals surface area contributed by atoms with E-state index < -0.39 is 36.2 Å². The molecule has 8 heteroatoms. The van der Waals surface area contributed by atoms with Crippen molar-refractivity contribution in [3.63, 3.8) is 0 Å². The summed E-state index contributed by atoms with van der Waals surface area (Å²) in [6.07, 6.45) is 1.22. The molecule has 0 unspecified atom stereocenters. The van der Waals surface area contributed by atoms with Crippen molar-refractivity contribution in [3.05, 3.63) is 33.7 Å². The Kier molecular flexibility index (Phi) is 4.41. The van der Waals surface area contributed by atoms with E-state index in [2.05, 4.69) is 4.98 Å². The molecule has 0 aliphatic rings. The van der Waals surface area contributed by atoms with Crippen molar-refractivity contribution in [3.8, 4) is 0 Å². The molecule has 1 heterocycles. The summed E-state index contributed by atoms with van der Waals surface area (Å²) in [5.74, 6) is -2.39. The van der Waals surface area contributed by atoms with Gasteiger partial charge < -0.3 is 21.4 Å². The third kappa shape index (κ3) is 3.95. The van der Waals surface area contributed by atoms with Crippen molar-refractivity contribution >= 4 is 17.7 Å². The highest BCUT2D eigenvalue weighted by molar-refractivity contribution is 5.98. The van der Waals surface area contributed by atoms with E-state index in [0.29, 0.717) is 5.69 Å². The van der Waals surface area contributed by atoms with E-state index in [0.717, 1.165) is 4.90 Å². The normalized spacial score (nSPS) is 9.95. The lowest BCUT2D eigenvalue weighted by molar-refractivity contribution is -0.121. The number of rotatable bonds is 5. The molecule has 19 heavy (non-hydrogen) atoms.